The molecule has 17 heteroatoms. The number of hydrogen-bond acceptors (Lipinski definition) is 16. The van der Waals surface area contributed by atoms with Crippen LogP contribution in [0, 0.1) is 23.7 Å². The highest BCUT2D eigenvalue weighted by Crippen LogP contribution is 2.44. The number of aliphatic hydroxyl groups is 2. The third kappa shape index (κ3) is 10.9. The molecule has 6 rings (SSSR count). The second-order valence-corrected chi connectivity index (χ2v) is 20.8. The highest BCUT2D eigenvalue weighted by molar-refractivity contribution is 5.85. The number of ketones is 1. The van der Waals surface area contributed by atoms with Crippen molar-refractivity contribution < 1.29 is 62.5 Å². The molecule has 1 aromatic heterocycles. The normalized spacial score (nSPS) is 41.0. The predicted molar refractivity (Wildman–Crippen MR) is 253 cm³/mol. The number of nitrogens with zero attached hydrogens (tertiary/aromatic N) is 3. The first kappa shape index (κ1) is 54.0. The van der Waals surface area contributed by atoms with Gasteiger partial charge in [-0.3, -0.25) is 14.6 Å². The van der Waals surface area contributed by atoms with Gasteiger partial charge in [0.05, 0.1) is 47.1 Å². The minimum atomic E-state index is -1.47. The number of ether oxygens (including phenoxy) is 8. The SMILES string of the molecule is CC[C@H]1OC(=O)[C@H](C)C(OC2CC(C)(OC)C(O)C(C)O2)[C@H](C)[C@@H](O[C@@H]2O[C@H](C)C[C@H](N(C)C)[C@H]2O)[C@](C)(OC)C[C@@H](C)C(=O)[C@H](C)[C@H]2N(NCCCc3ccnc4ccccc34)C(=O)O[C@]12C. The van der Waals surface area contributed by atoms with E-state index in [2.05, 4.69) is 10.4 Å². The molecule has 3 N–H and O–H groups in total. The topological polar surface area (TPSA) is 197 Å². The molecule has 2 aromatic rings. The number of rotatable bonds is 13. The summed E-state index contributed by atoms with van der Waals surface area (Å²) in [7, 11) is 6.86. The van der Waals surface area contributed by atoms with E-state index in [0.29, 0.717) is 25.8 Å². The summed E-state index contributed by atoms with van der Waals surface area (Å²) in [6.07, 6.45) is -4.54. The van der Waals surface area contributed by atoms with Gasteiger partial charge in [-0.1, -0.05) is 45.9 Å². The number of carbonyl (C=O) groups excluding carboxylic acids is 3. The van der Waals surface area contributed by atoms with E-state index >= 15 is 4.79 Å². The maximum absolute atomic E-state index is 15.1. The van der Waals surface area contributed by atoms with Crippen molar-refractivity contribution in [2.24, 2.45) is 23.7 Å². The summed E-state index contributed by atoms with van der Waals surface area (Å²) >= 11 is 0. The van der Waals surface area contributed by atoms with E-state index in [1.807, 2.05) is 83.9 Å². The minimum absolute atomic E-state index is 0.123. The van der Waals surface area contributed by atoms with Crippen LogP contribution < -0.4 is 5.43 Å². The van der Waals surface area contributed by atoms with Crippen LogP contribution >= 0.6 is 0 Å². The fourth-order valence-electron chi connectivity index (χ4n) is 11.5. The maximum Gasteiger partial charge on any atom is 0.425 e. The Morgan fingerprint density at radius 2 is 1.60 bits per heavy atom. The summed E-state index contributed by atoms with van der Waals surface area (Å²) < 4.78 is 51.6. The number of para-hydroxylation sites is 1. The quantitative estimate of drug-likeness (QED) is 0.166. The van der Waals surface area contributed by atoms with E-state index in [-0.39, 0.29) is 37.2 Å². The molecule has 4 fully saturated rings. The Bertz CT molecular complexity index is 2040. The van der Waals surface area contributed by atoms with E-state index in [9.17, 15) is 19.8 Å². The first-order valence-electron chi connectivity index (χ1n) is 24.6. The summed E-state index contributed by atoms with van der Waals surface area (Å²) in [5.74, 6) is -4.03. The molecule has 0 bridgehead atoms. The van der Waals surface area contributed by atoms with Gasteiger partial charge in [0, 0.05) is 62.6 Å². The third-order valence-electron chi connectivity index (χ3n) is 15.7. The lowest BCUT2D eigenvalue weighted by atomic mass is 9.73. The molecule has 4 aliphatic heterocycles. The van der Waals surface area contributed by atoms with Gasteiger partial charge in [0.2, 0.25) is 0 Å². The molecule has 17 nitrogen and oxygen atoms in total. The summed E-state index contributed by atoms with van der Waals surface area (Å²) in [5, 5.41) is 25.4. The molecule has 0 spiro atoms. The molecule has 68 heavy (non-hydrogen) atoms. The van der Waals surface area contributed by atoms with Crippen LogP contribution in [0.2, 0.25) is 0 Å². The number of methoxy groups -OCH3 is 2. The highest BCUT2D eigenvalue weighted by atomic mass is 16.7. The number of hydrazine groups is 1. The average molecular weight is 957 g/mol. The van der Waals surface area contributed by atoms with Gasteiger partial charge in [0.25, 0.3) is 0 Å². The molecular weight excluding hydrogens is 877 g/mol. The van der Waals surface area contributed by atoms with E-state index in [1.165, 1.54) is 12.1 Å². The fraction of sp³-hybridized carbons (Fsp3) is 0.765. The van der Waals surface area contributed by atoms with Gasteiger partial charge < -0.3 is 53.0 Å². The Balaban J connectivity index is 1.39. The van der Waals surface area contributed by atoms with Gasteiger partial charge in [0.1, 0.15) is 30.1 Å². The van der Waals surface area contributed by atoms with E-state index in [0.717, 1.165) is 16.5 Å². The van der Waals surface area contributed by atoms with Crippen molar-refractivity contribution in [1.82, 2.24) is 20.3 Å². The molecule has 1 aromatic carbocycles. The van der Waals surface area contributed by atoms with Crippen molar-refractivity contribution in [3.05, 3.63) is 42.1 Å². The number of nitrogens with one attached hydrogen (secondary N) is 1. The van der Waals surface area contributed by atoms with Crippen LogP contribution in [0.25, 0.3) is 10.9 Å². The zero-order valence-electron chi connectivity index (χ0n) is 42.8. The summed E-state index contributed by atoms with van der Waals surface area (Å²) in [4.78, 5) is 50.6. The van der Waals surface area contributed by atoms with Crippen LogP contribution in [0.15, 0.2) is 36.5 Å². The Labute approximate surface area is 403 Å². The predicted octanol–water partition coefficient (Wildman–Crippen LogP) is 5.59. The molecule has 5 heterocycles. The Kier molecular flexibility index (Phi) is 17.4. The van der Waals surface area contributed by atoms with E-state index in [1.54, 1.807) is 47.9 Å². The number of amides is 1. The number of carbonyl (C=O) groups is 3. The molecule has 0 saturated carbocycles. The van der Waals surface area contributed by atoms with Gasteiger partial charge in [-0.2, -0.15) is 0 Å². The van der Waals surface area contributed by atoms with Crippen LogP contribution in [0.3, 0.4) is 0 Å². The Morgan fingerprint density at radius 3 is 2.26 bits per heavy atom. The summed E-state index contributed by atoms with van der Waals surface area (Å²) in [5.41, 5.74) is 1.55. The molecule has 382 valence electrons. The van der Waals surface area contributed by atoms with Gasteiger partial charge >= 0.3 is 12.1 Å². The third-order valence-corrected chi connectivity index (χ3v) is 15.7. The minimum Gasteiger partial charge on any atom is -0.458 e. The van der Waals surface area contributed by atoms with Crippen molar-refractivity contribution in [3.8, 4) is 0 Å². The second-order valence-electron chi connectivity index (χ2n) is 20.8. The number of cyclic esters (lactones) is 1. The van der Waals surface area contributed by atoms with Crippen LogP contribution in [-0.2, 0) is 53.9 Å². The van der Waals surface area contributed by atoms with Gasteiger partial charge in [0.15, 0.2) is 18.2 Å². The molecule has 5 unspecified atom stereocenters. The fourth-order valence-corrected chi connectivity index (χ4v) is 11.5. The molecule has 18 atom stereocenters. The number of hydrogen-bond donors (Lipinski definition) is 3. The van der Waals surface area contributed by atoms with Gasteiger partial charge in [-0.05, 0) is 105 Å². The monoisotopic (exact) mass is 957 g/mol. The van der Waals surface area contributed by atoms with Gasteiger partial charge in [-0.15, -0.1) is 0 Å². The number of aliphatic hydroxyl groups excluding tert-OH is 2. The van der Waals surface area contributed by atoms with E-state index in [4.69, 9.17) is 37.9 Å². The number of aryl methyl sites for hydroxylation is 1. The largest absolute Gasteiger partial charge is 0.458 e. The van der Waals surface area contributed by atoms with Crippen LogP contribution in [-0.4, -0.2) is 162 Å². The highest BCUT2D eigenvalue weighted by Gasteiger charge is 2.61. The average Bonchev–Trinajstić information content (AvgIpc) is 3.57. The smallest absolute Gasteiger partial charge is 0.425 e. The van der Waals surface area contributed by atoms with Crippen molar-refractivity contribution >= 4 is 28.7 Å². The van der Waals surface area contributed by atoms with Crippen LogP contribution in [0.1, 0.15) is 107 Å². The first-order valence-corrected chi connectivity index (χ1v) is 24.6. The van der Waals surface area contributed by atoms with Crippen LogP contribution in [0.4, 0.5) is 4.79 Å². The molecule has 0 radical (unpaired) electrons. The lowest BCUT2D eigenvalue weighted by Crippen LogP contribution is -2.62. The van der Waals surface area contributed by atoms with Crippen molar-refractivity contribution in [2.75, 3.05) is 34.9 Å². The van der Waals surface area contributed by atoms with Crippen molar-refractivity contribution in [3.63, 3.8) is 0 Å². The standard InChI is InChI=1S/C51H80N4O13/c1-15-38-51(10)43(55(48(60)68-51)53-23-18-19-34-22-24-52-36-21-17-16-20-35(34)36)30(4)40(56)28(2)26-50(9,62-14)45(67-47-41(57)37(54(11)12)25-29(3)63-47)31(5)42(32(6)46(59)65-38)66-39-27-49(8,61-13)44(58)33(7)64-39/h16-17,20-22,24,28-33,37-39,41-45,47,53,57-58H,15,18-19,23,25-27H2,1-14H3/t28-,29-,30+,31+,32-,33?,37+,38-,39?,41-,42?,43-,44?,45-,47+,49?,50-,51-/m1/s1. The molecule has 1 amide bonds. The zero-order chi connectivity index (χ0) is 50.0. The number of benzene rings is 1. The van der Waals surface area contributed by atoms with E-state index < -0.39 is 108 Å². The molecule has 4 aliphatic rings. The zero-order valence-corrected chi connectivity index (χ0v) is 42.8. The molecule has 0 aliphatic carbocycles. The lowest BCUT2D eigenvalue weighted by molar-refractivity contribution is -0.319. The van der Waals surface area contributed by atoms with Crippen LogP contribution in [0.5, 0.6) is 0 Å². The Morgan fingerprint density at radius 1 is 0.912 bits per heavy atom. The number of aromatic nitrogens is 1. The number of Topliss-reactive ketones (excluding diaryl/α,β-unsaturated/α-hetero) is 1. The van der Waals surface area contributed by atoms with Crippen molar-refractivity contribution in [1.29, 1.82) is 0 Å². The maximum atomic E-state index is 15.1. The number of esters is 1. The lowest BCUT2D eigenvalue weighted by Gasteiger charge is -2.50. The van der Waals surface area contributed by atoms with Gasteiger partial charge in [-0.25, -0.2) is 15.2 Å². The second kappa shape index (κ2) is 22.0. The van der Waals surface area contributed by atoms with Crippen molar-refractivity contribution in [2.45, 2.75) is 192 Å². The summed E-state index contributed by atoms with van der Waals surface area (Å²) in [6.45, 7) is 18.5. The Hall–Kier alpha value is -3.36. The number of likely N-dealkylation sites (N-methyl/N-ethyl adjacent to an activating group) is 1. The number of pyridine rings is 1. The molecule has 4 saturated heterocycles. The number of fused-ring (bicyclic) bond motifs is 2. The summed E-state index contributed by atoms with van der Waals surface area (Å²) in [6, 6.07) is 8.76. The first-order chi connectivity index (χ1) is 32.0. The molecular formula is C51H80N4O13.